The third kappa shape index (κ3) is 2.41. The van der Waals surface area contributed by atoms with Gasteiger partial charge in [-0.05, 0) is 25.1 Å². The molecule has 0 fully saturated rings. The van der Waals surface area contributed by atoms with Gasteiger partial charge in [-0.3, -0.25) is 9.59 Å². The first-order valence-electron chi connectivity index (χ1n) is 5.00. The first-order chi connectivity index (χ1) is 8.06. The predicted octanol–water partition coefficient (Wildman–Crippen LogP) is 1.30. The molecule has 2 aromatic rings. The van der Waals surface area contributed by atoms with E-state index in [0.717, 1.165) is 6.33 Å². The number of nitrogens with zero attached hydrogens (tertiary/aromatic N) is 2. The number of ketones is 1. The molecule has 0 unspecified atom stereocenters. The summed E-state index contributed by atoms with van der Waals surface area (Å²) in [6.07, 6.45) is 0.987. The van der Waals surface area contributed by atoms with E-state index in [9.17, 15) is 14.8 Å². The summed E-state index contributed by atoms with van der Waals surface area (Å²) in [6, 6.07) is 4.79. The molecule has 0 aliphatic heterocycles. The maximum atomic E-state index is 11.3. The third-order valence-electron chi connectivity index (χ3n) is 2.21. The smallest absolute Gasteiger partial charge is 0.231 e. The van der Waals surface area contributed by atoms with Crippen molar-refractivity contribution in [3.05, 3.63) is 29.7 Å². The molecule has 0 radical (unpaired) electrons. The van der Waals surface area contributed by atoms with Gasteiger partial charge in [-0.25, -0.2) is 4.98 Å². The minimum Gasteiger partial charge on any atom is -0.805 e. The second kappa shape index (κ2) is 4.25. The van der Waals surface area contributed by atoms with Crippen LogP contribution in [-0.2, 0) is 9.59 Å². The summed E-state index contributed by atoms with van der Waals surface area (Å²) < 4.78 is 0.621. The molecule has 0 saturated carbocycles. The number of aromatic nitrogens is 2. The molecule has 0 aliphatic rings. The van der Waals surface area contributed by atoms with Gasteiger partial charge in [-0.2, -0.15) is 0 Å². The number of Topliss-reactive ketones (excluding diaryl/α,β-unsaturated/α-hetero) is 1. The van der Waals surface area contributed by atoms with E-state index < -0.39 is 5.91 Å². The summed E-state index contributed by atoms with van der Waals surface area (Å²) in [7, 11) is 0. The van der Waals surface area contributed by atoms with Crippen LogP contribution in [0.3, 0.4) is 0 Å². The molecule has 0 atom stereocenters. The molecule has 0 spiro atoms. The van der Waals surface area contributed by atoms with Crippen molar-refractivity contribution >= 4 is 28.4 Å². The van der Waals surface area contributed by atoms with Crippen molar-refractivity contribution in [3.8, 4) is 0 Å². The second-order valence-electron chi connectivity index (χ2n) is 3.70. The van der Waals surface area contributed by atoms with Crippen LogP contribution in [0.2, 0.25) is 0 Å². The number of rotatable bonds is 3. The monoisotopic (exact) mass is 232 g/mol. The van der Waals surface area contributed by atoms with E-state index in [1.165, 1.54) is 13.0 Å². The Morgan fingerprint density at radius 2 is 2.24 bits per heavy atom. The Labute approximate surface area is 96.8 Å². The molecule has 0 bridgehead atoms. The average Bonchev–Trinajstić information content (AvgIpc) is 2.59. The van der Waals surface area contributed by atoms with Gasteiger partial charge in [0, 0.05) is 5.69 Å². The molecule has 6 nitrogen and oxygen atoms in total. The molecule has 6 heteroatoms. The molecule has 1 amide bonds. The lowest BCUT2D eigenvalue weighted by Gasteiger charge is -2.08. The van der Waals surface area contributed by atoms with Crippen molar-refractivity contribution in [1.29, 1.82) is 0 Å². The lowest BCUT2D eigenvalue weighted by Crippen LogP contribution is -2.14. The molecule has 1 aromatic carbocycles. The molecule has 0 aliphatic carbocycles. The second-order valence-corrected chi connectivity index (χ2v) is 3.70. The van der Waals surface area contributed by atoms with Crippen LogP contribution in [-0.4, -0.2) is 21.4 Å². The average molecular weight is 232 g/mol. The van der Waals surface area contributed by atoms with Crippen LogP contribution in [0.4, 0.5) is 5.69 Å². The van der Waals surface area contributed by atoms with Crippen LogP contribution in [0.25, 0.3) is 11.0 Å². The van der Waals surface area contributed by atoms with Gasteiger partial charge < -0.3 is 15.3 Å². The highest BCUT2D eigenvalue weighted by Crippen LogP contribution is 2.17. The summed E-state index contributed by atoms with van der Waals surface area (Å²) in [6.45, 7) is 1.34. The summed E-state index contributed by atoms with van der Waals surface area (Å²) in [5, 5.41) is 13.8. The van der Waals surface area contributed by atoms with Crippen molar-refractivity contribution in [2.75, 3.05) is 5.32 Å². The van der Waals surface area contributed by atoms with Gasteiger partial charge in [0.25, 0.3) is 0 Å². The molecule has 17 heavy (non-hydrogen) atoms. The Balaban J connectivity index is 2.21. The fraction of sp³-hybridized carbons (Fsp3) is 0.182. The molecule has 0 saturated heterocycles. The highest BCUT2D eigenvalue weighted by molar-refractivity contribution is 6.04. The van der Waals surface area contributed by atoms with Crippen molar-refractivity contribution in [2.45, 2.75) is 13.3 Å². The van der Waals surface area contributed by atoms with Crippen LogP contribution < -0.4 is 5.32 Å². The first-order valence-corrected chi connectivity index (χ1v) is 5.00. The Bertz CT molecular complexity index is 589. The zero-order chi connectivity index (χ0) is 12.4. The number of benzene rings is 1. The van der Waals surface area contributed by atoms with Crippen LogP contribution in [0.1, 0.15) is 13.3 Å². The number of imidazole rings is 1. The van der Waals surface area contributed by atoms with E-state index in [1.807, 2.05) is 0 Å². The molecule has 1 heterocycles. The summed E-state index contributed by atoms with van der Waals surface area (Å²) >= 11 is 0. The van der Waals surface area contributed by atoms with E-state index in [1.54, 1.807) is 12.1 Å². The Hall–Kier alpha value is -2.37. The number of amides is 1. The number of hydrogen-bond acceptors (Lipinski definition) is 4. The minimum atomic E-state index is -0.395. The Morgan fingerprint density at radius 3 is 2.94 bits per heavy atom. The van der Waals surface area contributed by atoms with Gasteiger partial charge in [0.2, 0.25) is 5.91 Å². The Morgan fingerprint density at radius 1 is 1.47 bits per heavy atom. The Kier molecular flexibility index (Phi) is 2.78. The summed E-state index contributed by atoms with van der Waals surface area (Å²) in [5.41, 5.74) is 1.41. The van der Waals surface area contributed by atoms with Gasteiger partial charge >= 0.3 is 0 Å². The standard InChI is InChI=1S/C11H10N3O3/c1-7(15)4-11(16)13-8-2-3-9-10(5-8)14(17)6-12-9/h2-3,5-6H,4H2,1H3,(H,13,16)/q-1. The quantitative estimate of drug-likeness (QED) is 0.808. The molecule has 2 rings (SSSR count). The molecule has 1 aromatic heterocycles. The van der Waals surface area contributed by atoms with Crippen molar-refractivity contribution in [2.24, 2.45) is 0 Å². The zero-order valence-electron chi connectivity index (χ0n) is 9.14. The summed E-state index contributed by atoms with van der Waals surface area (Å²) in [4.78, 5) is 26.0. The number of anilines is 1. The minimum absolute atomic E-state index is 0.172. The first kappa shape index (κ1) is 11.1. The largest absolute Gasteiger partial charge is 0.805 e. The normalized spacial score (nSPS) is 10.4. The predicted molar refractivity (Wildman–Crippen MR) is 62.4 cm³/mol. The fourth-order valence-electron chi connectivity index (χ4n) is 1.50. The maximum absolute atomic E-state index is 11.3. The van der Waals surface area contributed by atoms with E-state index in [0.29, 0.717) is 21.5 Å². The van der Waals surface area contributed by atoms with Gasteiger partial charge in [-0.1, -0.05) is 0 Å². The SMILES string of the molecule is CC(=O)CC(=O)Nc1ccc2ncn([O-])c2c1. The molecule has 1 N–H and O–H groups in total. The number of hydrogen-bond donors (Lipinski definition) is 1. The highest BCUT2D eigenvalue weighted by atomic mass is 16.5. The van der Waals surface area contributed by atoms with E-state index in [-0.39, 0.29) is 12.2 Å². The van der Waals surface area contributed by atoms with Gasteiger partial charge in [0.05, 0.1) is 23.8 Å². The third-order valence-corrected chi connectivity index (χ3v) is 2.21. The van der Waals surface area contributed by atoms with Gasteiger partial charge in [0.1, 0.15) is 5.78 Å². The number of nitrogens with one attached hydrogen (secondary N) is 1. The number of carbonyl (C=O) groups excluding carboxylic acids is 2. The topological polar surface area (TPSA) is 87.0 Å². The highest BCUT2D eigenvalue weighted by Gasteiger charge is 2.06. The van der Waals surface area contributed by atoms with E-state index in [4.69, 9.17) is 0 Å². The number of carbonyl (C=O) groups is 2. The van der Waals surface area contributed by atoms with Crippen LogP contribution in [0.15, 0.2) is 24.5 Å². The van der Waals surface area contributed by atoms with Crippen LogP contribution >= 0.6 is 0 Å². The van der Waals surface area contributed by atoms with Crippen molar-refractivity contribution in [1.82, 2.24) is 9.71 Å². The van der Waals surface area contributed by atoms with Gasteiger partial charge in [-0.15, -0.1) is 0 Å². The van der Waals surface area contributed by atoms with E-state index in [2.05, 4.69) is 10.3 Å². The number of fused-ring (bicyclic) bond motifs is 1. The van der Waals surface area contributed by atoms with Crippen molar-refractivity contribution < 1.29 is 9.59 Å². The molecular formula is C11H10N3O3-. The molecular weight excluding hydrogens is 222 g/mol. The fourth-order valence-corrected chi connectivity index (χ4v) is 1.50. The maximum Gasteiger partial charge on any atom is 0.231 e. The summed E-state index contributed by atoms with van der Waals surface area (Å²) in [5.74, 6) is -0.605. The van der Waals surface area contributed by atoms with Crippen LogP contribution in [0, 0.1) is 5.21 Å². The van der Waals surface area contributed by atoms with Crippen molar-refractivity contribution in [3.63, 3.8) is 0 Å². The van der Waals surface area contributed by atoms with E-state index >= 15 is 0 Å². The zero-order valence-corrected chi connectivity index (χ0v) is 9.14. The lowest BCUT2D eigenvalue weighted by molar-refractivity contribution is -0.124. The van der Waals surface area contributed by atoms with Crippen LogP contribution in [0.5, 0.6) is 0 Å². The van der Waals surface area contributed by atoms with Gasteiger partial charge in [0.15, 0.2) is 0 Å². The lowest BCUT2D eigenvalue weighted by atomic mass is 10.2. The molecule has 88 valence electrons.